The molecule has 0 heterocycles. The van der Waals surface area contributed by atoms with Crippen LogP contribution in [0.2, 0.25) is 5.02 Å². The van der Waals surface area contributed by atoms with E-state index in [-0.39, 0.29) is 5.91 Å². The topological polar surface area (TPSA) is 55.1 Å². The Morgan fingerprint density at radius 3 is 2.50 bits per heavy atom. The number of hydrogen-bond donors (Lipinski definition) is 2. The van der Waals surface area contributed by atoms with Gasteiger partial charge in [-0.25, -0.2) is 0 Å². The van der Waals surface area contributed by atoms with E-state index in [1.807, 2.05) is 13.0 Å². The van der Waals surface area contributed by atoms with Gasteiger partial charge >= 0.3 is 0 Å². The lowest BCUT2D eigenvalue weighted by Gasteiger charge is -2.09. The molecule has 2 aromatic carbocycles. The van der Waals surface area contributed by atoms with Crippen molar-refractivity contribution < 1.29 is 4.79 Å². The van der Waals surface area contributed by atoms with Crippen LogP contribution in [0.5, 0.6) is 0 Å². The number of nitrogen functional groups attached to an aromatic ring is 1. The minimum Gasteiger partial charge on any atom is -0.399 e. The van der Waals surface area contributed by atoms with Crippen LogP contribution in [0.4, 0.5) is 11.4 Å². The molecule has 0 aliphatic heterocycles. The van der Waals surface area contributed by atoms with Gasteiger partial charge in [0.2, 0.25) is 0 Å². The van der Waals surface area contributed by atoms with Crippen molar-refractivity contribution in [2.24, 2.45) is 0 Å². The number of aryl methyl sites for hydroxylation is 1. The molecule has 0 aliphatic carbocycles. The number of amides is 1. The van der Waals surface area contributed by atoms with Crippen molar-refractivity contribution in [1.82, 2.24) is 0 Å². The Hall–Kier alpha value is -2.00. The first-order valence-corrected chi connectivity index (χ1v) is 5.87. The summed E-state index contributed by atoms with van der Waals surface area (Å²) in [6.45, 7) is 1.91. The van der Waals surface area contributed by atoms with Crippen molar-refractivity contribution in [1.29, 1.82) is 0 Å². The van der Waals surface area contributed by atoms with Crippen molar-refractivity contribution >= 4 is 28.9 Å². The largest absolute Gasteiger partial charge is 0.399 e. The standard InChI is InChI=1S/C14H13ClN2O/c1-9-2-5-11(15)8-13(9)17-14(18)10-3-6-12(16)7-4-10/h2-8H,16H2,1H3,(H,17,18). The summed E-state index contributed by atoms with van der Waals surface area (Å²) >= 11 is 5.90. The lowest BCUT2D eigenvalue weighted by atomic mass is 10.1. The van der Waals surface area contributed by atoms with Crippen LogP contribution in [0.25, 0.3) is 0 Å². The van der Waals surface area contributed by atoms with E-state index >= 15 is 0 Å². The Balaban J connectivity index is 2.21. The van der Waals surface area contributed by atoms with Gasteiger partial charge in [-0.1, -0.05) is 17.7 Å². The molecule has 0 fully saturated rings. The van der Waals surface area contributed by atoms with Crippen molar-refractivity contribution in [2.45, 2.75) is 6.92 Å². The normalized spacial score (nSPS) is 10.1. The summed E-state index contributed by atoms with van der Waals surface area (Å²) in [4.78, 5) is 12.0. The van der Waals surface area contributed by atoms with E-state index in [1.54, 1.807) is 36.4 Å². The third-order valence-electron chi connectivity index (χ3n) is 2.62. The van der Waals surface area contributed by atoms with Crippen LogP contribution in [-0.2, 0) is 0 Å². The maximum absolute atomic E-state index is 12.0. The number of carbonyl (C=O) groups is 1. The summed E-state index contributed by atoms with van der Waals surface area (Å²) < 4.78 is 0. The summed E-state index contributed by atoms with van der Waals surface area (Å²) in [6.07, 6.45) is 0. The fourth-order valence-corrected chi connectivity index (χ4v) is 1.73. The summed E-state index contributed by atoms with van der Waals surface area (Å²) in [5.41, 5.74) is 8.44. The molecule has 0 spiro atoms. The fourth-order valence-electron chi connectivity index (χ4n) is 1.56. The molecule has 0 radical (unpaired) electrons. The Morgan fingerprint density at radius 1 is 1.17 bits per heavy atom. The Bertz CT molecular complexity index is 579. The lowest BCUT2D eigenvalue weighted by Crippen LogP contribution is -2.12. The highest BCUT2D eigenvalue weighted by molar-refractivity contribution is 6.31. The first-order chi connectivity index (χ1) is 8.56. The van der Waals surface area contributed by atoms with E-state index < -0.39 is 0 Å². The van der Waals surface area contributed by atoms with E-state index in [0.717, 1.165) is 5.56 Å². The van der Waals surface area contributed by atoms with Gasteiger partial charge in [-0.3, -0.25) is 4.79 Å². The molecule has 0 aliphatic rings. The number of halogens is 1. The number of hydrogen-bond acceptors (Lipinski definition) is 2. The van der Waals surface area contributed by atoms with E-state index in [0.29, 0.717) is 22.0 Å². The minimum atomic E-state index is -0.180. The average Bonchev–Trinajstić information content (AvgIpc) is 2.34. The molecule has 0 saturated heterocycles. The second kappa shape index (κ2) is 5.10. The van der Waals surface area contributed by atoms with Crippen molar-refractivity contribution in [3.63, 3.8) is 0 Å². The molecule has 0 saturated carbocycles. The SMILES string of the molecule is Cc1ccc(Cl)cc1NC(=O)c1ccc(N)cc1. The number of benzene rings is 2. The van der Waals surface area contributed by atoms with E-state index in [9.17, 15) is 4.79 Å². The minimum absolute atomic E-state index is 0.180. The zero-order valence-corrected chi connectivity index (χ0v) is 10.7. The molecule has 3 N–H and O–H groups in total. The zero-order valence-electron chi connectivity index (χ0n) is 9.91. The molecular weight excluding hydrogens is 248 g/mol. The van der Waals surface area contributed by atoms with Gasteiger partial charge in [-0.15, -0.1) is 0 Å². The third kappa shape index (κ3) is 2.81. The predicted octanol–water partition coefficient (Wildman–Crippen LogP) is 3.48. The quantitative estimate of drug-likeness (QED) is 0.812. The summed E-state index contributed by atoms with van der Waals surface area (Å²) in [7, 11) is 0. The molecule has 3 nitrogen and oxygen atoms in total. The van der Waals surface area contributed by atoms with Crippen LogP contribution in [-0.4, -0.2) is 5.91 Å². The monoisotopic (exact) mass is 260 g/mol. The van der Waals surface area contributed by atoms with Gasteiger partial charge in [0.25, 0.3) is 5.91 Å². The first-order valence-electron chi connectivity index (χ1n) is 5.49. The van der Waals surface area contributed by atoms with Gasteiger partial charge in [0, 0.05) is 22.0 Å². The highest BCUT2D eigenvalue weighted by Crippen LogP contribution is 2.21. The maximum Gasteiger partial charge on any atom is 0.255 e. The van der Waals surface area contributed by atoms with Gasteiger partial charge in [-0.05, 0) is 48.9 Å². The highest BCUT2D eigenvalue weighted by atomic mass is 35.5. The Labute approximate surface area is 111 Å². The zero-order chi connectivity index (χ0) is 13.1. The molecule has 0 bridgehead atoms. The number of anilines is 2. The average molecular weight is 261 g/mol. The van der Waals surface area contributed by atoms with E-state index in [1.165, 1.54) is 0 Å². The van der Waals surface area contributed by atoms with Crippen LogP contribution in [0.1, 0.15) is 15.9 Å². The van der Waals surface area contributed by atoms with Crippen LogP contribution in [0.3, 0.4) is 0 Å². The van der Waals surface area contributed by atoms with Gasteiger partial charge in [-0.2, -0.15) is 0 Å². The highest BCUT2D eigenvalue weighted by Gasteiger charge is 2.07. The van der Waals surface area contributed by atoms with Crippen LogP contribution < -0.4 is 11.1 Å². The molecule has 18 heavy (non-hydrogen) atoms. The van der Waals surface area contributed by atoms with Crippen LogP contribution in [0.15, 0.2) is 42.5 Å². The Morgan fingerprint density at radius 2 is 1.83 bits per heavy atom. The molecule has 92 valence electrons. The summed E-state index contributed by atoms with van der Waals surface area (Å²) in [5, 5.41) is 3.41. The Kier molecular flexibility index (Phi) is 3.53. The van der Waals surface area contributed by atoms with Crippen molar-refractivity contribution in [2.75, 3.05) is 11.1 Å². The van der Waals surface area contributed by atoms with Gasteiger partial charge in [0.15, 0.2) is 0 Å². The number of carbonyl (C=O) groups excluding carboxylic acids is 1. The van der Waals surface area contributed by atoms with E-state index in [4.69, 9.17) is 17.3 Å². The van der Waals surface area contributed by atoms with Gasteiger partial charge < -0.3 is 11.1 Å². The van der Waals surface area contributed by atoms with Gasteiger partial charge in [0.05, 0.1) is 0 Å². The molecular formula is C14H13ClN2O. The molecule has 2 aromatic rings. The number of rotatable bonds is 2. The van der Waals surface area contributed by atoms with Crippen molar-refractivity contribution in [3.8, 4) is 0 Å². The number of nitrogens with two attached hydrogens (primary N) is 1. The summed E-state index contributed by atoms with van der Waals surface area (Å²) in [5.74, 6) is -0.180. The molecule has 1 amide bonds. The molecule has 0 unspecified atom stereocenters. The van der Waals surface area contributed by atoms with Crippen LogP contribution in [0, 0.1) is 6.92 Å². The predicted molar refractivity (Wildman–Crippen MR) is 75.0 cm³/mol. The second-order valence-corrected chi connectivity index (χ2v) is 4.47. The van der Waals surface area contributed by atoms with Crippen molar-refractivity contribution in [3.05, 3.63) is 58.6 Å². The smallest absolute Gasteiger partial charge is 0.255 e. The fraction of sp³-hybridized carbons (Fsp3) is 0.0714. The lowest BCUT2D eigenvalue weighted by molar-refractivity contribution is 0.102. The molecule has 2 rings (SSSR count). The third-order valence-corrected chi connectivity index (χ3v) is 2.86. The summed E-state index contributed by atoms with van der Waals surface area (Å²) in [6, 6.07) is 12.1. The second-order valence-electron chi connectivity index (χ2n) is 4.04. The molecule has 4 heteroatoms. The number of nitrogens with one attached hydrogen (secondary N) is 1. The van der Waals surface area contributed by atoms with Crippen LogP contribution >= 0.6 is 11.6 Å². The van der Waals surface area contributed by atoms with Gasteiger partial charge in [0.1, 0.15) is 0 Å². The maximum atomic E-state index is 12.0. The molecule has 0 aromatic heterocycles. The molecule has 0 atom stereocenters. The van der Waals surface area contributed by atoms with E-state index in [2.05, 4.69) is 5.32 Å². The first kappa shape index (κ1) is 12.5.